The Morgan fingerprint density at radius 2 is 1.71 bits per heavy atom. The standard InChI is InChI=1S/C24H20N2O5/c1-30-23(29)14-4-2-13(3-5-14)18-9-6-15(31-18)12-25-26-21(27)19-16-7-8-17(20(19)22(26)28)24(16)10-11-24/h2-9,12,16-17,19-20H,10-11H2,1H3/b25-12-/t16-,17+,19+,20-. The van der Waals surface area contributed by atoms with Crippen LogP contribution in [-0.4, -0.2) is 36.1 Å². The van der Waals surface area contributed by atoms with Gasteiger partial charge in [0.2, 0.25) is 0 Å². The van der Waals surface area contributed by atoms with Crippen LogP contribution in [0, 0.1) is 29.1 Å². The van der Waals surface area contributed by atoms with Crippen LogP contribution < -0.4 is 0 Å². The van der Waals surface area contributed by atoms with Crippen LogP contribution >= 0.6 is 0 Å². The fourth-order valence-electron chi connectivity index (χ4n) is 5.76. The van der Waals surface area contributed by atoms with Gasteiger partial charge in [-0.2, -0.15) is 10.1 Å². The number of fused-ring (bicyclic) bond motifs is 3. The van der Waals surface area contributed by atoms with Gasteiger partial charge in [-0.15, -0.1) is 0 Å². The summed E-state index contributed by atoms with van der Waals surface area (Å²) in [5.74, 6) is 0.0741. The molecule has 1 saturated heterocycles. The second-order valence-electron chi connectivity index (χ2n) is 8.72. The van der Waals surface area contributed by atoms with Gasteiger partial charge < -0.3 is 9.15 Å². The van der Waals surface area contributed by atoms with Crippen LogP contribution in [0.15, 0.2) is 58.1 Å². The molecule has 4 atom stereocenters. The summed E-state index contributed by atoms with van der Waals surface area (Å²) in [4.78, 5) is 37.5. The van der Waals surface area contributed by atoms with Crippen LogP contribution in [0.25, 0.3) is 11.3 Å². The number of furan rings is 1. The van der Waals surface area contributed by atoms with E-state index in [-0.39, 0.29) is 40.9 Å². The average molecular weight is 416 g/mol. The van der Waals surface area contributed by atoms with Crippen LogP contribution in [0.3, 0.4) is 0 Å². The van der Waals surface area contributed by atoms with Gasteiger partial charge in [0.1, 0.15) is 11.5 Å². The molecule has 156 valence electrons. The first-order valence-corrected chi connectivity index (χ1v) is 10.4. The summed E-state index contributed by atoms with van der Waals surface area (Å²) >= 11 is 0. The molecule has 6 rings (SSSR count). The lowest BCUT2D eigenvalue weighted by Gasteiger charge is -2.18. The number of carbonyl (C=O) groups is 3. The van der Waals surface area contributed by atoms with Crippen LogP contribution in [0.4, 0.5) is 0 Å². The number of esters is 1. The molecule has 2 aromatic rings. The van der Waals surface area contributed by atoms with Gasteiger partial charge in [0, 0.05) is 5.56 Å². The molecule has 7 heteroatoms. The largest absolute Gasteiger partial charge is 0.465 e. The van der Waals surface area contributed by atoms with Crippen molar-refractivity contribution in [1.29, 1.82) is 0 Å². The molecule has 3 aliphatic carbocycles. The highest BCUT2D eigenvalue weighted by molar-refractivity contribution is 6.07. The van der Waals surface area contributed by atoms with Gasteiger partial charge in [0.15, 0.2) is 0 Å². The summed E-state index contributed by atoms with van der Waals surface area (Å²) < 4.78 is 10.5. The van der Waals surface area contributed by atoms with Gasteiger partial charge in [0.25, 0.3) is 11.8 Å². The molecule has 2 bridgehead atoms. The molecular formula is C24H20N2O5. The third kappa shape index (κ3) is 2.46. The number of imide groups is 1. The predicted molar refractivity (Wildman–Crippen MR) is 110 cm³/mol. The van der Waals surface area contributed by atoms with Crippen LogP contribution in [0.5, 0.6) is 0 Å². The van der Waals surface area contributed by atoms with Gasteiger partial charge in [-0.05, 0) is 54.4 Å². The zero-order chi connectivity index (χ0) is 21.3. The summed E-state index contributed by atoms with van der Waals surface area (Å²) in [7, 11) is 1.34. The highest BCUT2D eigenvalue weighted by Gasteiger charge is 2.73. The van der Waals surface area contributed by atoms with Crippen molar-refractivity contribution in [3.8, 4) is 11.3 Å². The molecule has 1 aromatic carbocycles. The highest BCUT2D eigenvalue weighted by atomic mass is 16.5. The van der Waals surface area contributed by atoms with Crippen molar-refractivity contribution in [2.45, 2.75) is 12.8 Å². The zero-order valence-electron chi connectivity index (χ0n) is 16.9. The summed E-state index contributed by atoms with van der Waals surface area (Å²) in [6.45, 7) is 0. The monoisotopic (exact) mass is 416 g/mol. The Balaban J connectivity index is 1.19. The predicted octanol–water partition coefficient (Wildman–Crippen LogP) is 3.26. The summed E-state index contributed by atoms with van der Waals surface area (Å²) in [5, 5.41) is 5.22. The zero-order valence-corrected chi connectivity index (χ0v) is 16.9. The number of methoxy groups -OCH3 is 1. The third-order valence-corrected chi connectivity index (χ3v) is 7.35. The quantitative estimate of drug-likeness (QED) is 0.330. The fourth-order valence-corrected chi connectivity index (χ4v) is 5.76. The van der Waals surface area contributed by atoms with Crippen molar-refractivity contribution in [2.24, 2.45) is 34.2 Å². The molecular weight excluding hydrogens is 396 g/mol. The first kappa shape index (κ1) is 18.3. The Bertz CT molecular complexity index is 1140. The van der Waals surface area contributed by atoms with Gasteiger partial charge in [0.05, 0.1) is 30.7 Å². The van der Waals surface area contributed by atoms with Gasteiger partial charge >= 0.3 is 5.97 Å². The summed E-state index contributed by atoms with van der Waals surface area (Å²) in [6.07, 6.45) is 7.91. The van der Waals surface area contributed by atoms with Crippen molar-refractivity contribution in [3.63, 3.8) is 0 Å². The lowest BCUT2D eigenvalue weighted by molar-refractivity contribution is -0.141. The Kier molecular flexibility index (Phi) is 3.70. The normalized spacial score (nSPS) is 29.4. The second kappa shape index (κ2) is 6.26. The SMILES string of the molecule is COC(=O)c1ccc(-c2ccc(/C=N\N3C(=O)[C@@H]4[C@H](C3=O)[C@@H]3C=C[C@H]4C34CC4)o2)cc1. The van der Waals surface area contributed by atoms with E-state index in [0.29, 0.717) is 17.1 Å². The molecule has 3 fully saturated rings. The molecule has 1 spiro atoms. The van der Waals surface area contributed by atoms with Crippen molar-refractivity contribution >= 4 is 24.0 Å². The van der Waals surface area contributed by atoms with Crippen LogP contribution in [-0.2, 0) is 14.3 Å². The molecule has 2 amide bonds. The minimum Gasteiger partial charge on any atom is -0.465 e. The van der Waals surface area contributed by atoms with Crippen molar-refractivity contribution in [3.05, 3.63) is 59.9 Å². The molecule has 4 aliphatic rings. The van der Waals surface area contributed by atoms with Crippen molar-refractivity contribution < 1.29 is 23.5 Å². The number of ether oxygens (including phenoxy) is 1. The Morgan fingerprint density at radius 3 is 2.29 bits per heavy atom. The summed E-state index contributed by atoms with van der Waals surface area (Å²) in [5.41, 5.74) is 1.41. The van der Waals surface area contributed by atoms with E-state index in [9.17, 15) is 14.4 Å². The molecule has 0 N–H and O–H groups in total. The molecule has 1 aromatic heterocycles. The molecule has 0 unspecified atom stereocenters. The second-order valence-corrected chi connectivity index (χ2v) is 8.72. The maximum absolute atomic E-state index is 13.0. The number of hydrogen-bond donors (Lipinski definition) is 0. The van der Waals surface area contributed by atoms with Gasteiger partial charge in [-0.3, -0.25) is 9.59 Å². The van der Waals surface area contributed by atoms with E-state index < -0.39 is 5.97 Å². The number of hydrogen-bond acceptors (Lipinski definition) is 6. The topological polar surface area (TPSA) is 89.2 Å². The minimum atomic E-state index is -0.403. The number of amides is 2. The number of allylic oxidation sites excluding steroid dienone is 2. The fraction of sp³-hybridized carbons (Fsp3) is 0.333. The lowest BCUT2D eigenvalue weighted by atomic mass is 9.85. The van der Waals surface area contributed by atoms with Crippen LogP contribution in [0.1, 0.15) is 29.0 Å². The number of benzene rings is 1. The van der Waals surface area contributed by atoms with E-state index in [4.69, 9.17) is 9.15 Å². The van der Waals surface area contributed by atoms with E-state index in [2.05, 4.69) is 17.3 Å². The number of rotatable bonds is 4. The van der Waals surface area contributed by atoms with Crippen LogP contribution in [0.2, 0.25) is 0 Å². The first-order chi connectivity index (χ1) is 15.0. The van der Waals surface area contributed by atoms with E-state index in [1.165, 1.54) is 13.3 Å². The van der Waals surface area contributed by atoms with E-state index >= 15 is 0 Å². The summed E-state index contributed by atoms with van der Waals surface area (Å²) in [6, 6.07) is 10.3. The maximum Gasteiger partial charge on any atom is 0.337 e. The lowest BCUT2D eigenvalue weighted by Crippen LogP contribution is -2.30. The number of carbonyl (C=O) groups excluding carboxylic acids is 3. The van der Waals surface area contributed by atoms with Gasteiger partial charge in [-0.25, -0.2) is 4.79 Å². The molecule has 0 radical (unpaired) electrons. The molecule has 2 heterocycles. The smallest absolute Gasteiger partial charge is 0.337 e. The Hall–Kier alpha value is -3.48. The van der Waals surface area contributed by atoms with E-state index in [0.717, 1.165) is 23.4 Å². The number of hydrazone groups is 1. The Labute approximate surface area is 178 Å². The highest BCUT2D eigenvalue weighted by Crippen LogP contribution is 2.73. The third-order valence-electron chi connectivity index (χ3n) is 7.35. The van der Waals surface area contributed by atoms with Gasteiger partial charge in [-0.1, -0.05) is 24.3 Å². The maximum atomic E-state index is 13.0. The number of nitrogens with zero attached hydrogens (tertiary/aromatic N) is 2. The average Bonchev–Trinajstić information content (AvgIpc) is 3.07. The molecule has 31 heavy (non-hydrogen) atoms. The van der Waals surface area contributed by atoms with E-state index in [1.807, 2.05) is 0 Å². The van der Waals surface area contributed by atoms with E-state index in [1.54, 1.807) is 36.4 Å². The molecule has 1 aliphatic heterocycles. The molecule has 2 saturated carbocycles. The first-order valence-electron chi connectivity index (χ1n) is 10.4. The Morgan fingerprint density at radius 1 is 1.06 bits per heavy atom. The molecule has 7 nitrogen and oxygen atoms in total. The minimum absolute atomic E-state index is 0.176. The van der Waals surface area contributed by atoms with Crippen molar-refractivity contribution in [2.75, 3.05) is 7.11 Å². The van der Waals surface area contributed by atoms with Crippen molar-refractivity contribution in [1.82, 2.24) is 5.01 Å².